The maximum Gasteiger partial charge on any atom is 0.224 e. The first kappa shape index (κ1) is 13.1. The molecule has 0 aromatic heterocycles. The van der Waals surface area contributed by atoms with Crippen LogP contribution in [0.4, 0.5) is 10.1 Å². The van der Waals surface area contributed by atoms with Crippen LogP contribution in [0.15, 0.2) is 18.2 Å². The summed E-state index contributed by atoms with van der Waals surface area (Å²) in [6, 6.07) is 4.73. The minimum atomic E-state index is -0.232. The predicted molar refractivity (Wildman–Crippen MR) is 71.3 cm³/mol. The molecule has 0 saturated carbocycles. The van der Waals surface area contributed by atoms with Gasteiger partial charge in [-0.2, -0.15) is 0 Å². The van der Waals surface area contributed by atoms with Crippen LogP contribution in [0.25, 0.3) is 0 Å². The van der Waals surface area contributed by atoms with E-state index in [0.717, 1.165) is 24.1 Å². The Kier molecular flexibility index (Phi) is 3.18. The second-order valence-corrected chi connectivity index (χ2v) is 5.51. The average molecular weight is 249 g/mol. The van der Waals surface area contributed by atoms with Crippen molar-refractivity contribution in [3.05, 3.63) is 29.6 Å². The number of fused-ring (bicyclic) bond motifs is 1. The molecule has 1 aliphatic rings. The van der Waals surface area contributed by atoms with Gasteiger partial charge in [0.1, 0.15) is 5.82 Å². The maximum absolute atomic E-state index is 13.4. The van der Waals surface area contributed by atoms with Gasteiger partial charge < -0.3 is 4.90 Å². The van der Waals surface area contributed by atoms with E-state index in [-0.39, 0.29) is 23.2 Å². The molecule has 2 rings (SSSR count). The molecule has 1 heterocycles. The maximum atomic E-state index is 13.4. The van der Waals surface area contributed by atoms with E-state index >= 15 is 0 Å². The van der Waals surface area contributed by atoms with Crippen molar-refractivity contribution in [2.24, 2.45) is 0 Å². The summed E-state index contributed by atoms with van der Waals surface area (Å²) in [5.41, 5.74) is 1.64. The fraction of sp³-hybridized carbons (Fsp3) is 0.533. The van der Waals surface area contributed by atoms with Gasteiger partial charge in [-0.15, -0.1) is 0 Å². The number of carbonyl (C=O) groups excluding carboxylic acids is 1. The molecular weight excluding hydrogens is 229 g/mol. The van der Waals surface area contributed by atoms with Gasteiger partial charge in [-0.25, -0.2) is 4.39 Å². The Morgan fingerprint density at radius 3 is 2.78 bits per heavy atom. The summed E-state index contributed by atoms with van der Waals surface area (Å²) in [6.45, 7) is 7.88. The van der Waals surface area contributed by atoms with Crippen LogP contribution in [0.1, 0.15) is 52.0 Å². The summed E-state index contributed by atoms with van der Waals surface area (Å²) >= 11 is 0. The Labute approximate surface area is 108 Å². The minimum Gasteiger partial charge on any atom is -0.307 e. The highest BCUT2D eigenvalue weighted by Crippen LogP contribution is 2.44. The molecule has 3 heteroatoms. The van der Waals surface area contributed by atoms with Gasteiger partial charge in [0, 0.05) is 18.2 Å². The molecule has 0 spiro atoms. The second kappa shape index (κ2) is 4.38. The number of hydrogen-bond acceptors (Lipinski definition) is 1. The zero-order chi connectivity index (χ0) is 13.5. The largest absolute Gasteiger partial charge is 0.307 e. The average Bonchev–Trinajstić information content (AvgIpc) is 2.29. The third-order valence-electron chi connectivity index (χ3n) is 4.12. The zero-order valence-corrected chi connectivity index (χ0v) is 11.5. The van der Waals surface area contributed by atoms with Crippen molar-refractivity contribution in [3.8, 4) is 0 Å². The van der Waals surface area contributed by atoms with Gasteiger partial charge in [0.2, 0.25) is 5.91 Å². The van der Waals surface area contributed by atoms with Gasteiger partial charge in [0.25, 0.3) is 0 Å². The van der Waals surface area contributed by atoms with Crippen molar-refractivity contribution >= 4 is 11.6 Å². The molecule has 1 amide bonds. The first-order valence-electron chi connectivity index (χ1n) is 6.49. The van der Waals surface area contributed by atoms with E-state index in [1.807, 2.05) is 4.90 Å². The van der Waals surface area contributed by atoms with Gasteiger partial charge in [-0.1, -0.05) is 13.8 Å². The highest BCUT2D eigenvalue weighted by Gasteiger charge is 2.40. The van der Waals surface area contributed by atoms with E-state index in [9.17, 15) is 9.18 Å². The highest BCUT2D eigenvalue weighted by molar-refractivity contribution is 5.94. The standard InChI is InChI=1S/C15H20FNO/c1-5-15(4)9-10(2)13-8-12(16)6-7-14(13)17(15)11(3)18/h6-8,10H,5,9H2,1-4H3. The fourth-order valence-corrected chi connectivity index (χ4v) is 3.13. The SMILES string of the molecule is CCC1(C)CC(C)c2cc(F)ccc2N1C(C)=O. The summed E-state index contributed by atoms with van der Waals surface area (Å²) in [6.07, 6.45) is 1.77. The van der Waals surface area contributed by atoms with E-state index in [2.05, 4.69) is 20.8 Å². The van der Waals surface area contributed by atoms with Crippen LogP contribution in [0.2, 0.25) is 0 Å². The molecule has 98 valence electrons. The molecule has 0 saturated heterocycles. The third kappa shape index (κ3) is 1.92. The van der Waals surface area contributed by atoms with Crippen LogP contribution in [-0.4, -0.2) is 11.4 Å². The van der Waals surface area contributed by atoms with Crippen molar-refractivity contribution in [2.45, 2.75) is 52.0 Å². The number of rotatable bonds is 1. The number of benzene rings is 1. The summed E-state index contributed by atoms with van der Waals surface area (Å²) in [5.74, 6) is 0.0690. The molecular formula is C15H20FNO. The van der Waals surface area contributed by atoms with E-state index in [1.54, 1.807) is 19.1 Å². The van der Waals surface area contributed by atoms with Crippen LogP contribution in [0.5, 0.6) is 0 Å². The highest BCUT2D eigenvalue weighted by atomic mass is 19.1. The molecule has 2 unspecified atom stereocenters. The zero-order valence-electron chi connectivity index (χ0n) is 11.5. The number of nitrogens with zero attached hydrogens (tertiary/aromatic N) is 1. The third-order valence-corrected chi connectivity index (χ3v) is 4.12. The molecule has 2 nitrogen and oxygen atoms in total. The Hall–Kier alpha value is -1.38. The van der Waals surface area contributed by atoms with Crippen LogP contribution in [0.3, 0.4) is 0 Å². The molecule has 0 aliphatic carbocycles. The molecule has 1 aliphatic heterocycles. The summed E-state index contributed by atoms with van der Waals surface area (Å²) in [5, 5.41) is 0. The Morgan fingerprint density at radius 1 is 1.56 bits per heavy atom. The lowest BCUT2D eigenvalue weighted by atomic mass is 9.77. The van der Waals surface area contributed by atoms with E-state index in [0.29, 0.717) is 0 Å². The van der Waals surface area contributed by atoms with Crippen molar-refractivity contribution in [1.82, 2.24) is 0 Å². The molecule has 2 atom stereocenters. The summed E-state index contributed by atoms with van der Waals surface area (Å²) in [7, 11) is 0. The van der Waals surface area contributed by atoms with Crippen LogP contribution < -0.4 is 4.90 Å². The molecule has 0 N–H and O–H groups in total. The Bertz CT molecular complexity index is 485. The number of amides is 1. The minimum absolute atomic E-state index is 0.0270. The smallest absolute Gasteiger partial charge is 0.224 e. The Balaban J connectivity index is 2.61. The lowest BCUT2D eigenvalue weighted by Gasteiger charge is -2.47. The lowest BCUT2D eigenvalue weighted by Crippen LogP contribution is -2.52. The monoisotopic (exact) mass is 249 g/mol. The molecule has 1 aromatic carbocycles. The first-order valence-corrected chi connectivity index (χ1v) is 6.49. The lowest BCUT2D eigenvalue weighted by molar-refractivity contribution is -0.118. The van der Waals surface area contributed by atoms with Crippen molar-refractivity contribution in [3.63, 3.8) is 0 Å². The van der Waals surface area contributed by atoms with Crippen LogP contribution in [-0.2, 0) is 4.79 Å². The van der Waals surface area contributed by atoms with Crippen LogP contribution in [0, 0.1) is 5.82 Å². The van der Waals surface area contributed by atoms with Crippen molar-refractivity contribution in [1.29, 1.82) is 0 Å². The van der Waals surface area contributed by atoms with E-state index < -0.39 is 0 Å². The van der Waals surface area contributed by atoms with E-state index in [4.69, 9.17) is 0 Å². The van der Waals surface area contributed by atoms with Gasteiger partial charge in [-0.3, -0.25) is 4.79 Å². The van der Waals surface area contributed by atoms with Gasteiger partial charge >= 0.3 is 0 Å². The first-order chi connectivity index (χ1) is 8.39. The van der Waals surface area contributed by atoms with Gasteiger partial charge in [0.05, 0.1) is 0 Å². The predicted octanol–water partition coefficient (Wildman–Crippen LogP) is 3.85. The van der Waals surface area contributed by atoms with Gasteiger partial charge in [-0.05, 0) is 49.4 Å². The molecule has 0 fully saturated rings. The molecule has 0 bridgehead atoms. The fourth-order valence-electron chi connectivity index (χ4n) is 3.13. The number of hydrogen-bond donors (Lipinski definition) is 0. The molecule has 1 aromatic rings. The summed E-state index contributed by atoms with van der Waals surface area (Å²) in [4.78, 5) is 13.8. The number of halogens is 1. The van der Waals surface area contributed by atoms with Crippen LogP contribution >= 0.6 is 0 Å². The number of anilines is 1. The second-order valence-electron chi connectivity index (χ2n) is 5.51. The topological polar surface area (TPSA) is 20.3 Å². The van der Waals surface area contributed by atoms with E-state index in [1.165, 1.54) is 6.07 Å². The Morgan fingerprint density at radius 2 is 2.22 bits per heavy atom. The molecule has 18 heavy (non-hydrogen) atoms. The van der Waals surface area contributed by atoms with Gasteiger partial charge in [0.15, 0.2) is 0 Å². The summed E-state index contributed by atoms with van der Waals surface area (Å²) < 4.78 is 13.4. The number of carbonyl (C=O) groups is 1. The van der Waals surface area contributed by atoms with Crippen molar-refractivity contribution < 1.29 is 9.18 Å². The molecule has 0 radical (unpaired) electrons. The quantitative estimate of drug-likeness (QED) is 0.740. The van der Waals surface area contributed by atoms with Crippen molar-refractivity contribution in [2.75, 3.05) is 4.90 Å². The normalized spacial score (nSPS) is 26.9.